The van der Waals surface area contributed by atoms with Gasteiger partial charge in [-0.2, -0.15) is 0 Å². The van der Waals surface area contributed by atoms with Gasteiger partial charge in [0.05, 0.1) is 13.7 Å². The number of hydrogen-bond acceptors (Lipinski definition) is 1. The summed E-state index contributed by atoms with van der Waals surface area (Å²) in [6.07, 6.45) is 0. The molecular formula is C55H40N2. The van der Waals surface area contributed by atoms with Gasteiger partial charge >= 0.3 is 0 Å². The molecule has 2 aliphatic carbocycles. The highest BCUT2D eigenvalue weighted by Gasteiger charge is 2.52. The number of fused-ring (bicyclic) bond motifs is 11. The first-order valence-corrected chi connectivity index (χ1v) is 19.7. The lowest BCUT2D eigenvalue weighted by molar-refractivity contribution is 0.794. The Morgan fingerprint density at radius 3 is 1.58 bits per heavy atom. The fraction of sp³-hybridized carbons (Fsp3) is 0.0545. The fourth-order valence-electron chi connectivity index (χ4n) is 9.63. The molecule has 2 heteroatoms. The predicted molar refractivity (Wildman–Crippen MR) is 239 cm³/mol. The van der Waals surface area contributed by atoms with Crippen LogP contribution >= 0.6 is 0 Å². The highest BCUT2D eigenvalue weighted by atomic mass is 15.1. The molecule has 270 valence electrons. The zero-order valence-corrected chi connectivity index (χ0v) is 31.9. The summed E-state index contributed by atoms with van der Waals surface area (Å²) in [4.78, 5) is 2.21. The standard InChI is InChI=1S/C55H40N2/c1-37-38(2)56(41-16-6-3-7-17-41)54-36-53-49(35-48(37)54)47-33-30-40(34-52(47)55(53)50-24-14-12-22-45(50)46-23-13-15-25-51(46)55)27-26-39-28-31-44(32-29-39)57(42-18-8-4-9-19-42)43-20-10-5-11-21-43/h3-36H,1-2H3/b27-26+/i26D,27D. The molecule has 1 spiro atoms. The molecule has 0 bridgehead atoms. The highest BCUT2D eigenvalue weighted by Crippen LogP contribution is 2.63. The summed E-state index contributed by atoms with van der Waals surface area (Å²) in [6, 6.07) is 68.7. The first kappa shape index (κ1) is 31.1. The second kappa shape index (κ2) is 13.0. The summed E-state index contributed by atoms with van der Waals surface area (Å²) in [5.41, 5.74) is 18.5. The minimum Gasteiger partial charge on any atom is -0.314 e. The second-order valence-corrected chi connectivity index (χ2v) is 15.2. The van der Waals surface area contributed by atoms with E-state index in [0.717, 1.165) is 33.9 Å². The van der Waals surface area contributed by atoms with Crippen molar-refractivity contribution >= 4 is 40.1 Å². The maximum atomic E-state index is 9.58. The molecule has 0 atom stereocenters. The largest absolute Gasteiger partial charge is 0.314 e. The fourth-order valence-corrected chi connectivity index (χ4v) is 9.63. The molecule has 9 aromatic rings. The van der Waals surface area contributed by atoms with Crippen LogP contribution in [0.4, 0.5) is 17.1 Å². The van der Waals surface area contributed by atoms with Crippen LogP contribution in [0.1, 0.15) is 47.4 Å². The van der Waals surface area contributed by atoms with Gasteiger partial charge in [0.25, 0.3) is 0 Å². The van der Waals surface area contributed by atoms with Crippen molar-refractivity contribution in [1.29, 1.82) is 0 Å². The van der Waals surface area contributed by atoms with Crippen molar-refractivity contribution in [3.63, 3.8) is 0 Å². The monoisotopic (exact) mass is 730 g/mol. The van der Waals surface area contributed by atoms with E-state index in [0.29, 0.717) is 5.56 Å². The Morgan fingerprint density at radius 2 is 0.947 bits per heavy atom. The van der Waals surface area contributed by atoms with Crippen molar-refractivity contribution in [3.8, 4) is 27.9 Å². The minimum absolute atomic E-state index is 0.188. The SMILES string of the molecule is [2H]/C(=C(/[2H])c1ccc2c(c1)C1(c3ccccc3-c3ccccc31)c1cc3c(cc1-2)c(C)c(C)n3-c1ccccc1)c1ccc(N(c2ccccc2)c2ccccc2)cc1. The van der Waals surface area contributed by atoms with Crippen molar-refractivity contribution in [1.82, 2.24) is 4.57 Å². The van der Waals surface area contributed by atoms with Crippen molar-refractivity contribution in [2.24, 2.45) is 0 Å². The lowest BCUT2D eigenvalue weighted by Gasteiger charge is -2.30. The Kier molecular flexibility index (Phi) is 7.07. The van der Waals surface area contributed by atoms with Gasteiger partial charge in [-0.15, -0.1) is 0 Å². The van der Waals surface area contributed by atoms with Gasteiger partial charge in [-0.25, -0.2) is 0 Å². The Morgan fingerprint density at radius 1 is 0.456 bits per heavy atom. The molecule has 0 unspecified atom stereocenters. The quantitative estimate of drug-likeness (QED) is 0.155. The van der Waals surface area contributed by atoms with Crippen LogP contribution in [-0.2, 0) is 5.41 Å². The molecule has 0 radical (unpaired) electrons. The van der Waals surface area contributed by atoms with Crippen LogP contribution in [0.5, 0.6) is 0 Å². The molecule has 0 N–H and O–H groups in total. The van der Waals surface area contributed by atoms with Crippen molar-refractivity contribution in [3.05, 3.63) is 239 Å². The van der Waals surface area contributed by atoms with Crippen molar-refractivity contribution in [2.45, 2.75) is 19.3 Å². The minimum atomic E-state index is -0.599. The Bertz CT molecular complexity index is 3040. The molecule has 1 aromatic heterocycles. The Hall–Kier alpha value is -7.16. The molecule has 0 saturated heterocycles. The predicted octanol–water partition coefficient (Wildman–Crippen LogP) is 14.2. The van der Waals surface area contributed by atoms with Crippen molar-refractivity contribution in [2.75, 3.05) is 4.90 Å². The van der Waals surface area contributed by atoms with Crippen LogP contribution in [0.3, 0.4) is 0 Å². The van der Waals surface area contributed by atoms with E-state index < -0.39 is 5.41 Å². The number of rotatable bonds is 6. The summed E-state index contributed by atoms with van der Waals surface area (Å²) in [6.45, 7) is 4.46. The van der Waals surface area contributed by atoms with Crippen LogP contribution in [0, 0.1) is 13.8 Å². The molecule has 11 rings (SSSR count). The van der Waals surface area contributed by atoms with Gasteiger partial charge < -0.3 is 9.47 Å². The van der Waals surface area contributed by atoms with Crippen LogP contribution in [0.15, 0.2) is 194 Å². The van der Waals surface area contributed by atoms with Gasteiger partial charge in [-0.1, -0.05) is 139 Å². The number of aryl methyl sites for hydroxylation is 1. The first-order valence-electron chi connectivity index (χ1n) is 20.7. The maximum absolute atomic E-state index is 9.58. The lowest BCUT2D eigenvalue weighted by Crippen LogP contribution is -2.26. The smallest absolute Gasteiger partial charge is 0.0726 e. The van der Waals surface area contributed by atoms with E-state index in [1.54, 1.807) is 0 Å². The van der Waals surface area contributed by atoms with Crippen LogP contribution < -0.4 is 4.90 Å². The molecule has 0 aliphatic heterocycles. The lowest BCUT2D eigenvalue weighted by atomic mass is 9.70. The number of anilines is 3. The third kappa shape index (κ3) is 4.97. The van der Waals surface area contributed by atoms with Crippen LogP contribution in [0.25, 0.3) is 50.9 Å². The number of aromatic nitrogens is 1. The Balaban J connectivity index is 1.09. The molecule has 2 nitrogen and oxygen atoms in total. The van der Waals surface area contributed by atoms with Crippen molar-refractivity contribution < 1.29 is 2.74 Å². The van der Waals surface area contributed by atoms with E-state index in [-0.39, 0.29) is 12.1 Å². The van der Waals surface area contributed by atoms with Gasteiger partial charge in [0, 0.05) is 33.8 Å². The summed E-state index contributed by atoms with van der Waals surface area (Å²) in [5, 5.41) is 1.24. The number of para-hydroxylation sites is 3. The topological polar surface area (TPSA) is 8.17 Å². The molecular weight excluding hydrogens is 689 g/mol. The van der Waals surface area contributed by atoms with E-state index in [9.17, 15) is 2.74 Å². The van der Waals surface area contributed by atoms with E-state index in [4.69, 9.17) is 0 Å². The van der Waals surface area contributed by atoms with Gasteiger partial charge in [0.15, 0.2) is 0 Å². The zero-order valence-electron chi connectivity index (χ0n) is 33.9. The summed E-state index contributed by atoms with van der Waals surface area (Å²) >= 11 is 0. The second-order valence-electron chi connectivity index (χ2n) is 15.2. The average Bonchev–Trinajstić information content (AvgIpc) is 3.85. The van der Waals surface area contributed by atoms with Gasteiger partial charge in [0.1, 0.15) is 0 Å². The van der Waals surface area contributed by atoms with E-state index in [2.05, 4.69) is 151 Å². The van der Waals surface area contributed by atoms with E-state index in [1.807, 2.05) is 66.7 Å². The molecule has 8 aromatic carbocycles. The highest BCUT2D eigenvalue weighted by molar-refractivity contribution is 6.01. The molecule has 0 fully saturated rings. The molecule has 2 aliphatic rings. The van der Waals surface area contributed by atoms with Gasteiger partial charge in [-0.3, -0.25) is 0 Å². The molecule has 57 heavy (non-hydrogen) atoms. The third-order valence-corrected chi connectivity index (χ3v) is 12.2. The third-order valence-electron chi connectivity index (χ3n) is 12.2. The number of hydrogen-bond donors (Lipinski definition) is 0. The van der Waals surface area contributed by atoms with Crippen LogP contribution in [-0.4, -0.2) is 4.57 Å². The normalized spacial score (nSPS) is 14.0. The first-order chi connectivity index (χ1) is 28.9. The summed E-state index contributed by atoms with van der Waals surface area (Å²) in [5.74, 6) is 0. The van der Waals surface area contributed by atoms with Crippen LogP contribution in [0.2, 0.25) is 0 Å². The maximum Gasteiger partial charge on any atom is 0.0726 e. The Labute approximate surface area is 337 Å². The average molecular weight is 731 g/mol. The van der Waals surface area contributed by atoms with E-state index >= 15 is 0 Å². The molecule has 0 amide bonds. The van der Waals surface area contributed by atoms with Gasteiger partial charge in [0.2, 0.25) is 0 Å². The summed E-state index contributed by atoms with van der Waals surface area (Å²) < 4.78 is 21.4. The van der Waals surface area contributed by atoms with E-state index in [1.165, 1.54) is 61.1 Å². The molecule has 0 saturated carbocycles. The molecule has 1 heterocycles. The number of nitrogens with zero attached hydrogens (tertiary/aromatic N) is 2. The number of benzene rings is 8. The zero-order chi connectivity index (χ0) is 39.8. The summed E-state index contributed by atoms with van der Waals surface area (Å²) in [7, 11) is 0. The van der Waals surface area contributed by atoms with Gasteiger partial charge in [-0.05, 0) is 142 Å².